The third kappa shape index (κ3) is 4.62. The summed E-state index contributed by atoms with van der Waals surface area (Å²) in [6.07, 6.45) is 2.91. The fraction of sp³-hybridized carbons (Fsp3) is 0.524. The molecule has 1 atom stereocenters. The molecule has 0 saturated carbocycles. The van der Waals surface area contributed by atoms with Crippen LogP contribution in [0.15, 0.2) is 23.2 Å². The Morgan fingerprint density at radius 1 is 1.37 bits per heavy atom. The summed E-state index contributed by atoms with van der Waals surface area (Å²) in [5.41, 5.74) is 6.30. The number of nitrogens with one attached hydrogen (secondary N) is 2. The molecule has 0 spiro atoms. The third-order valence-electron chi connectivity index (χ3n) is 5.24. The van der Waals surface area contributed by atoms with Gasteiger partial charge in [0.15, 0.2) is 5.96 Å². The highest BCUT2D eigenvalue weighted by Crippen LogP contribution is 2.25. The minimum absolute atomic E-state index is 0.273. The molecule has 6 nitrogen and oxygen atoms in total. The molecule has 2 aromatic rings. The highest BCUT2D eigenvalue weighted by molar-refractivity contribution is 5.79. The molecule has 1 unspecified atom stereocenters. The van der Waals surface area contributed by atoms with E-state index < -0.39 is 0 Å². The second-order valence-corrected chi connectivity index (χ2v) is 7.31. The lowest BCUT2D eigenvalue weighted by Crippen LogP contribution is -2.43. The highest BCUT2D eigenvalue weighted by Gasteiger charge is 2.14. The molecule has 0 bridgehead atoms. The fourth-order valence-electron chi connectivity index (χ4n) is 3.62. The van der Waals surface area contributed by atoms with E-state index in [4.69, 9.17) is 4.74 Å². The number of nitrogens with zero attached hydrogens (tertiary/aromatic N) is 3. The van der Waals surface area contributed by atoms with Gasteiger partial charge in [-0.3, -0.25) is 9.67 Å². The van der Waals surface area contributed by atoms with E-state index in [0.29, 0.717) is 0 Å². The van der Waals surface area contributed by atoms with Gasteiger partial charge in [-0.05, 0) is 56.4 Å². The lowest BCUT2D eigenvalue weighted by atomic mass is 10.1. The summed E-state index contributed by atoms with van der Waals surface area (Å²) < 4.78 is 7.52. The Hall–Kier alpha value is -2.50. The Morgan fingerprint density at radius 2 is 2.19 bits per heavy atom. The van der Waals surface area contributed by atoms with E-state index in [0.717, 1.165) is 49.8 Å². The van der Waals surface area contributed by atoms with Gasteiger partial charge in [0.25, 0.3) is 0 Å². The number of ether oxygens (including phenoxy) is 1. The Kier molecular flexibility index (Phi) is 6.04. The Balaban J connectivity index is 1.49. The third-order valence-corrected chi connectivity index (χ3v) is 5.24. The maximum absolute atomic E-state index is 5.57. The van der Waals surface area contributed by atoms with Crippen LogP contribution in [0.4, 0.5) is 0 Å². The van der Waals surface area contributed by atoms with Crippen molar-refractivity contribution in [2.45, 2.75) is 46.1 Å². The van der Waals surface area contributed by atoms with E-state index in [1.807, 2.05) is 18.8 Å². The van der Waals surface area contributed by atoms with Gasteiger partial charge in [0.2, 0.25) is 0 Å². The number of aromatic nitrogens is 2. The highest BCUT2D eigenvalue weighted by atomic mass is 16.5. The summed E-state index contributed by atoms with van der Waals surface area (Å²) in [6.45, 7) is 8.03. The number of guanidine groups is 1. The van der Waals surface area contributed by atoms with E-state index in [2.05, 4.69) is 59.7 Å². The van der Waals surface area contributed by atoms with Gasteiger partial charge in [-0.15, -0.1) is 0 Å². The molecule has 6 heteroatoms. The van der Waals surface area contributed by atoms with Crippen LogP contribution in [0.2, 0.25) is 0 Å². The molecule has 0 saturated heterocycles. The molecule has 0 amide bonds. The molecule has 146 valence electrons. The van der Waals surface area contributed by atoms with Crippen molar-refractivity contribution in [1.29, 1.82) is 0 Å². The molecule has 0 radical (unpaired) electrons. The van der Waals surface area contributed by atoms with Crippen LogP contribution in [0.25, 0.3) is 0 Å². The lowest BCUT2D eigenvalue weighted by Gasteiger charge is -2.18. The molecule has 1 aromatic carbocycles. The first-order valence-electron chi connectivity index (χ1n) is 9.68. The van der Waals surface area contributed by atoms with Crippen LogP contribution in [0.5, 0.6) is 5.75 Å². The summed E-state index contributed by atoms with van der Waals surface area (Å²) in [7, 11) is 3.81. The van der Waals surface area contributed by atoms with Crippen LogP contribution < -0.4 is 15.4 Å². The number of aryl methyl sites for hydroxylation is 2. The fourth-order valence-corrected chi connectivity index (χ4v) is 3.62. The van der Waals surface area contributed by atoms with E-state index in [-0.39, 0.29) is 6.04 Å². The summed E-state index contributed by atoms with van der Waals surface area (Å²) in [4.78, 5) is 4.36. The van der Waals surface area contributed by atoms with Crippen molar-refractivity contribution in [3.05, 3.63) is 46.3 Å². The number of benzene rings is 1. The van der Waals surface area contributed by atoms with Crippen LogP contribution in [0.1, 0.15) is 35.0 Å². The summed E-state index contributed by atoms with van der Waals surface area (Å²) in [5.74, 6) is 1.88. The van der Waals surface area contributed by atoms with Crippen LogP contribution in [-0.4, -0.2) is 42.0 Å². The maximum atomic E-state index is 5.57. The minimum Gasteiger partial charge on any atom is -0.493 e. The minimum atomic E-state index is 0.273. The number of aliphatic imine (C=N–C) groups is 1. The number of fused-ring (bicyclic) bond motifs is 1. The first-order valence-corrected chi connectivity index (χ1v) is 9.68. The first-order chi connectivity index (χ1) is 13.0. The Bertz CT molecular complexity index is 824. The smallest absolute Gasteiger partial charge is 0.191 e. The summed E-state index contributed by atoms with van der Waals surface area (Å²) >= 11 is 0. The van der Waals surface area contributed by atoms with Crippen LogP contribution in [0, 0.1) is 13.8 Å². The van der Waals surface area contributed by atoms with Gasteiger partial charge in [0, 0.05) is 38.8 Å². The van der Waals surface area contributed by atoms with E-state index in [9.17, 15) is 0 Å². The van der Waals surface area contributed by atoms with Crippen molar-refractivity contribution >= 4 is 5.96 Å². The van der Waals surface area contributed by atoms with Crippen molar-refractivity contribution in [3.63, 3.8) is 0 Å². The predicted octanol–water partition coefficient (Wildman–Crippen LogP) is 2.31. The predicted molar refractivity (Wildman–Crippen MR) is 110 cm³/mol. The average molecular weight is 370 g/mol. The van der Waals surface area contributed by atoms with Gasteiger partial charge in [0.05, 0.1) is 12.3 Å². The van der Waals surface area contributed by atoms with Crippen LogP contribution in [0.3, 0.4) is 0 Å². The van der Waals surface area contributed by atoms with E-state index >= 15 is 0 Å². The summed E-state index contributed by atoms with van der Waals surface area (Å²) in [5, 5.41) is 11.4. The molecule has 2 N–H and O–H groups in total. The van der Waals surface area contributed by atoms with E-state index in [1.54, 1.807) is 0 Å². The molecule has 3 rings (SSSR count). The quantitative estimate of drug-likeness (QED) is 0.606. The monoisotopic (exact) mass is 369 g/mol. The topological polar surface area (TPSA) is 63.5 Å². The molecule has 27 heavy (non-hydrogen) atoms. The molecule has 1 aromatic heterocycles. The molecular weight excluding hydrogens is 338 g/mol. The van der Waals surface area contributed by atoms with Gasteiger partial charge in [0.1, 0.15) is 5.75 Å². The number of hydrogen-bond acceptors (Lipinski definition) is 3. The van der Waals surface area contributed by atoms with Crippen molar-refractivity contribution < 1.29 is 4.74 Å². The van der Waals surface area contributed by atoms with Crippen LogP contribution in [-0.2, 0) is 26.3 Å². The van der Waals surface area contributed by atoms with Crippen molar-refractivity contribution in [2.24, 2.45) is 12.0 Å². The molecule has 2 heterocycles. The number of hydrogen-bond donors (Lipinski definition) is 2. The van der Waals surface area contributed by atoms with Crippen LogP contribution >= 0.6 is 0 Å². The zero-order valence-corrected chi connectivity index (χ0v) is 17.1. The summed E-state index contributed by atoms with van der Waals surface area (Å²) in [6, 6.07) is 6.77. The first kappa shape index (κ1) is 19.3. The average Bonchev–Trinajstić information content (AvgIpc) is 3.20. The zero-order chi connectivity index (χ0) is 19.4. The lowest BCUT2D eigenvalue weighted by molar-refractivity contribution is 0.357. The zero-order valence-electron chi connectivity index (χ0n) is 17.1. The van der Waals surface area contributed by atoms with Gasteiger partial charge >= 0.3 is 0 Å². The second kappa shape index (κ2) is 8.46. The molecule has 1 aliphatic heterocycles. The van der Waals surface area contributed by atoms with E-state index in [1.165, 1.54) is 22.4 Å². The van der Waals surface area contributed by atoms with Gasteiger partial charge < -0.3 is 15.4 Å². The standard InChI is InChI=1S/C21H31N5O/c1-14(12-19-15(2)25-26(5)16(19)3)24-21(22-4)23-10-8-17-6-7-20-18(13-17)9-11-27-20/h6-7,13-14H,8-12H2,1-5H3,(H2,22,23,24). The Morgan fingerprint density at radius 3 is 2.89 bits per heavy atom. The Labute approximate surface area is 162 Å². The van der Waals surface area contributed by atoms with Crippen molar-refractivity contribution in [1.82, 2.24) is 20.4 Å². The van der Waals surface area contributed by atoms with Gasteiger partial charge in [-0.1, -0.05) is 12.1 Å². The molecular formula is C21H31N5O. The van der Waals surface area contributed by atoms with Gasteiger partial charge in [-0.25, -0.2) is 0 Å². The molecule has 0 aliphatic carbocycles. The van der Waals surface area contributed by atoms with Gasteiger partial charge in [-0.2, -0.15) is 5.10 Å². The largest absolute Gasteiger partial charge is 0.493 e. The normalized spacial score (nSPS) is 14.6. The van der Waals surface area contributed by atoms with Crippen molar-refractivity contribution in [2.75, 3.05) is 20.2 Å². The maximum Gasteiger partial charge on any atom is 0.191 e. The molecule has 1 aliphatic rings. The van der Waals surface area contributed by atoms with Crippen molar-refractivity contribution in [3.8, 4) is 5.75 Å². The second-order valence-electron chi connectivity index (χ2n) is 7.31. The number of rotatable bonds is 6. The molecule has 0 fully saturated rings. The SMILES string of the molecule is CN=C(NCCc1ccc2c(c1)CCO2)NC(C)Cc1c(C)nn(C)c1C.